The minimum absolute atomic E-state index is 0.316. The van der Waals surface area contributed by atoms with Crippen molar-refractivity contribution in [1.82, 2.24) is 10.3 Å². The molecule has 1 aromatic rings. The maximum atomic E-state index is 5.47. The zero-order valence-electron chi connectivity index (χ0n) is 12.2. The van der Waals surface area contributed by atoms with Crippen LogP contribution in [0.15, 0.2) is 18.3 Å². The Morgan fingerprint density at radius 2 is 2.37 bits per heavy atom. The summed E-state index contributed by atoms with van der Waals surface area (Å²) >= 11 is 0. The maximum Gasteiger partial charge on any atom is 0.0668 e. The van der Waals surface area contributed by atoms with Crippen molar-refractivity contribution >= 4 is 5.69 Å². The summed E-state index contributed by atoms with van der Waals surface area (Å²) in [5.41, 5.74) is 2.31. The van der Waals surface area contributed by atoms with Crippen molar-refractivity contribution in [3.05, 3.63) is 24.0 Å². The second kappa shape index (κ2) is 6.87. The van der Waals surface area contributed by atoms with Crippen LogP contribution in [0.4, 0.5) is 5.69 Å². The zero-order valence-corrected chi connectivity index (χ0v) is 12.2. The molecule has 19 heavy (non-hydrogen) atoms. The lowest BCUT2D eigenvalue weighted by Crippen LogP contribution is -2.43. The Balaban J connectivity index is 2.01. The summed E-state index contributed by atoms with van der Waals surface area (Å²) in [6.45, 7) is 10.1. The van der Waals surface area contributed by atoms with Crippen molar-refractivity contribution in [2.45, 2.75) is 39.3 Å². The summed E-state index contributed by atoms with van der Waals surface area (Å²) in [7, 11) is 0. The molecular formula is C15H25N3O. The third-order valence-corrected chi connectivity index (χ3v) is 3.61. The number of nitrogens with zero attached hydrogens (tertiary/aromatic N) is 2. The molecule has 1 fully saturated rings. The van der Waals surface area contributed by atoms with Crippen molar-refractivity contribution in [3.63, 3.8) is 0 Å². The summed E-state index contributed by atoms with van der Waals surface area (Å²) in [4.78, 5) is 6.96. The maximum absolute atomic E-state index is 5.47. The number of pyridine rings is 1. The molecule has 4 nitrogen and oxygen atoms in total. The highest BCUT2D eigenvalue weighted by Crippen LogP contribution is 2.20. The van der Waals surface area contributed by atoms with Gasteiger partial charge in [-0.25, -0.2) is 0 Å². The van der Waals surface area contributed by atoms with Gasteiger partial charge in [-0.05, 0) is 38.9 Å². The fourth-order valence-corrected chi connectivity index (χ4v) is 2.40. The molecule has 1 saturated heterocycles. The minimum Gasteiger partial charge on any atom is -0.377 e. The lowest BCUT2D eigenvalue weighted by molar-refractivity contribution is 0.0989. The quantitative estimate of drug-likeness (QED) is 0.885. The van der Waals surface area contributed by atoms with Crippen LogP contribution in [-0.2, 0) is 4.74 Å². The van der Waals surface area contributed by atoms with E-state index in [2.05, 4.69) is 48.1 Å². The summed E-state index contributed by atoms with van der Waals surface area (Å²) < 4.78 is 5.47. The number of aromatic nitrogens is 1. The lowest BCUT2D eigenvalue weighted by Gasteiger charge is -2.35. The van der Waals surface area contributed by atoms with Crippen molar-refractivity contribution in [2.75, 3.05) is 31.2 Å². The van der Waals surface area contributed by atoms with E-state index in [0.717, 1.165) is 38.4 Å². The van der Waals surface area contributed by atoms with E-state index in [1.165, 1.54) is 5.69 Å². The third-order valence-electron chi connectivity index (χ3n) is 3.61. The second-order valence-corrected chi connectivity index (χ2v) is 5.23. The first-order valence-electron chi connectivity index (χ1n) is 7.26. The molecule has 0 saturated carbocycles. The predicted molar refractivity (Wildman–Crippen MR) is 78.6 cm³/mol. The molecule has 1 aliphatic rings. The van der Waals surface area contributed by atoms with Gasteiger partial charge in [-0.2, -0.15) is 0 Å². The first kappa shape index (κ1) is 14.3. The van der Waals surface area contributed by atoms with Crippen LogP contribution in [0.1, 0.15) is 38.9 Å². The van der Waals surface area contributed by atoms with Crippen molar-refractivity contribution < 1.29 is 4.74 Å². The van der Waals surface area contributed by atoms with E-state index in [9.17, 15) is 0 Å². The topological polar surface area (TPSA) is 37.4 Å². The number of hydrogen-bond donors (Lipinski definition) is 1. The molecule has 4 heteroatoms. The van der Waals surface area contributed by atoms with E-state index in [0.29, 0.717) is 12.1 Å². The van der Waals surface area contributed by atoms with E-state index in [1.807, 2.05) is 6.20 Å². The van der Waals surface area contributed by atoms with Crippen LogP contribution in [0.5, 0.6) is 0 Å². The van der Waals surface area contributed by atoms with Gasteiger partial charge >= 0.3 is 0 Å². The number of anilines is 1. The van der Waals surface area contributed by atoms with Crippen LogP contribution < -0.4 is 10.2 Å². The van der Waals surface area contributed by atoms with Crippen LogP contribution >= 0.6 is 0 Å². The molecule has 1 N–H and O–H groups in total. The van der Waals surface area contributed by atoms with Crippen LogP contribution in [0.2, 0.25) is 0 Å². The van der Waals surface area contributed by atoms with Gasteiger partial charge in [0.1, 0.15) is 0 Å². The predicted octanol–water partition coefficient (Wildman–Crippen LogP) is 2.37. The second-order valence-electron chi connectivity index (χ2n) is 5.23. The number of hydrogen-bond acceptors (Lipinski definition) is 4. The Labute approximate surface area is 116 Å². The average molecular weight is 263 g/mol. The fraction of sp³-hybridized carbons (Fsp3) is 0.667. The first-order valence-corrected chi connectivity index (χ1v) is 7.26. The molecule has 1 aromatic heterocycles. The van der Waals surface area contributed by atoms with Crippen molar-refractivity contribution in [1.29, 1.82) is 0 Å². The molecule has 2 rings (SSSR count). The molecule has 0 amide bonds. The van der Waals surface area contributed by atoms with Crippen LogP contribution in [0.3, 0.4) is 0 Å². The molecule has 0 aromatic carbocycles. The zero-order chi connectivity index (χ0) is 13.7. The summed E-state index contributed by atoms with van der Waals surface area (Å²) in [5, 5.41) is 3.46. The molecule has 1 aliphatic heterocycles. The first-order chi connectivity index (χ1) is 9.22. The molecule has 2 atom stereocenters. The Bertz CT molecular complexity index is 379. The Kier molecular flexibility index (Phi) is 5.16. The van der Waals surface area contributed by atoms with Gasteiger partial charge in [-0.15, -0.1) is 0 Å². The highest BCUT2D eigenvalue weighted by molar-refractivity contribution is 5.46. The van der Waals surface area contributed by atoms with E-state index < -0.39 is 0 Å². The van der Waals surface area contributed by atoms with E-state index in [4.69, 9.17) is 4.74 Å². The largest absolute Gasteiger partial charge is 0.377 e. The molecule has 0 aliphatic carbocycles. The molecule has 0 radical (unpaired) electrons. The molecule has 106 valence electrons. The molecular weight excluding hydrogens is 238 g/mol. The lowest BCUT2D eigenvalue weighted by atomic mass is 10.2. The van der Waals surface area contributed by atoms with Gasteiger partial charge in [0.15, 0.2) is 0 Å². The Morgan fingerprint density at radius 1 is 1.53 bits per heavy atom. The van der Waals surface area contributed by atoms with Gasteiger partial charge in [0.25, 0.3) is 0 Å². The summed E-state index contributed by atoms with van der Waals surface area (Å²) in [5.74, 6) is 0. The normalized spacial score (nSPS) is 21.4. The number of ether oxygens (including phenoxy) is 1. The summed E-state index contributed by atoms with van der Waals surface area (Å²) in [6.07, 6.45) is 3.13. The minimum atomic E-state index is 0.316. The molecule has 0 bridgehead atoms. The smallest absolute Gasteiger partial charge is 0.0668 e. The summed E-state index contributed by atoms with van der Waals surface area (Å²) in [6, 6.07) is 5.05. The van der Waals surface area contributed by atoms with Gasteiger partial charge < -0.3 is 15.0 Å². The van der Waals surface area contributed by atoms with E-state index in [-0.39, 0.29) is 0 Å². The third kappa shape index (κ3) is 3.67. The average Bonchev–Trinajstić information content (AvgIpc) is 2.45. The van der Waals surface area contributed by atoms with Crippen LogP contribution in [0.25, 0.3) is 0 Å². The van der Waals surface area contributed by atoms with Crippen LogP contribution in [0, 0.1) is 0 Å². The Hall–Kier alpha value is -1.13. The van der Waals surface area contributed by atoms with Crippen LogP contribution in [-0.4, -0.2) is 37.3 Å². The highest BCUT2D eigenvalue weighted by Gasteiger charge is 2.19. The molecule has 2 unspecified atom stereocenters. The number of morpholine rings is 1. The molecule has 2 heterocycles. The van der Waals surface area contributed by atoms with Gasteiger partial charge in [0.2, 0.25) is 0 Å². The van der Waals surface area contributed by atoms with Gasteiger partial charge in [0.05, 0.1) is 30.8 Å². The number of nitrogens with one attached hydrogen (secondary N) is 1. The van der Waals surface area contributed by atoms with Crippen molar-refractivity contribution in [3.8, 4) is 0 Å². The van der Waals surface area contributed by atoms with E-state index >= 15 is 0 Å². The SMILES string of the molecule is CCCNC(C)c1ccc(N2CCOCC2C)cn1. The highest BCUT2D eigenvalue weighted by atomic mass is 16.5. The van der Waals surface area contributed by atoms with Gasteiger partial charge in [-0.3, -0.25) is 4.98 Å². The van der Waals surface area contributed by atoms with Gasteiger partial charge in [0, 0.05) is 18.6 Å². The van der Waals surface area contributed by atoms with Crippen molar-refractivity contribution in [2.24, 2.45) is 0 Å². The van der Waals surface area contributed by atoms with Gasteiger partial charge in [-0.1, -0.05) is 6.92 Å². The standard InChI is InChI=1S/C15H25N3O/c1-4-7-16-13(3)15-6-5-14(10-17-15)18-8-9-19-11-12(18)2/h5-6,10,12-13,16H,4,7-9,11H2,1-3H3. The molecule has 0 spiro atoms. The number of rotatable bonds is 5. The van der Waals surface area contributed by atoms with E-state index in [1.54, 1.807) is 0 Å². The fourth-order valence-electron chi connectivity index (χ4n) is 2.40. The Morgan fingerprint density at radius 3 is 3.00 bits per heavy atom. The monoisotopic (exact) mass is 263 g/mol.